The number of methoxy groups -OCH3 is 1. The van der Waals surface area contributed by atoms with Gasteiger partial charge in [-0.25, -0.2) is 8.42 Å². The molecule has 0 fully saturated rings. The van der Waals surface area contributed by atoms with Crippen LogP contribution in [0.25, 0.3) is 0 Å². The minimum atomic E-state index is -3.90. The van der Waals surface area contributed by atoms with E-state index < -0.39 is 15.9 Å². The van der Waals surface area contributed by atoms with E-state index in [9.17, 15) is 18.0 Å². The van der Waals surface area contributed by atoms with Gasteiger partial charge in [0, 0.05) is 31.4 Å². The molecule has 0 unspecified atom stereocenters. The van der Waals surface area contributed by atoms with Crippen molar-refractivity contribution in [2.45, 2.75) is 31.2 Å². The number of nitrogens with zero attached hydrogens (tertiary/aromatic N) is 2. The Morgan fingerprint density at radius 2 is 1.97 bits per heavy atom. The fraction of sp³-hybridized carbons (Fsp3) is 0.333. The zero-order valence-corrected chi connectivity index (χ0v) is 19.2. The van der Waals surface area contributed by atoms with Crippen LogP contribution in [0, 0.1) is 0 Å². The number of halogens is 1. The molecule has 0 spiro atoms. The number of hydrogen-bond donors (Lipinski definition) is 1. The van der Waals surface area contributed by atoms with E-state index in [2.05, 4.69) is 5.32 Å². The lowest BCUT2D eigenvalue weighted by atomic mass is 10.1. The van der Waals surface area contributed by atoms with E-state index in [1.54, 1.807) is 29.2 Å². The Kier molecular flexibility index (Phi) is 6.59. The number of anilines is 2. The van der Waals surface area contributed by atoms with Crippen molar-refractivity contribution in [1.29, 1.82) is 0 Å². The van der Waals surface area contributed by atoms with Gasteiger partial charge in [-0.05, 0) is 55.3 Å². The molecular weight excluding hydrogens is 442 g/mol. The zero-order chi connectivity index (χ0) is 22.9. The number of fused-ring (bicyclic) bond motifs is 1. The summed E-state index contributed by atoms with van der Waals surface area (Å²) < 4.78 is 32.0. The van der Waals surface area contributed by atoms with Crippen LogP contribution in [-0.2, 0) is 26.0 Å². The highest BCUT2D eigenvalue weighted by molar-refractivity contribution is 7.89. The van der Waals surface area contributed by atoms with Crippen molar-refractivity contribution in [3.8, 4) is 5.75 Å². The maximum absolute atomic E-state index is 13.0. The van der Waals surface area contributed by atoms with Gasteiger partial charge in [-0.3, -0.25) is 9.59 Å². The molecule has 1 N–H and O–H groups in total. The molecule has 0 aromatic heterocycles. The first-order chi connectivity index (χ1) is 14.5. The van der Waals surface area contributed by atoms with Gasteiger partial charge in [0.2, 0.25) is 21.8 Å². The van der Waals surface area contributed by atoms with E-state index in [4.69, 9.17) is 16.3 Å². The average molecular weight is 466 g/mol. The molecule has 0 radical (unpaired) electrons. The summed E-state index contributed by atoms with van der Waals surface area (Å²) in [7, 11) is -1.08. The molecule has 1 aliphatic rings. The van der Waals surface area contributed by atoms with E-state index in [0.717, 1.165) is 15.6 Å². The van der Waals surface area contributed by atoms with Crippen LogP contribution < -0.4 is 15.0 Å². The van der Waals surface area contributed by atoms with Crippen LogP contribution in [0.5, 0.6) is 5.75 Å². The van der Waals surface area contributed by atoms with Crippen molar-refractivity contribution >= 4 is 44.8 Å². The predicted octanol–water partition coefficient (Wildman–Crippen LogP) is 2.91. The maximum Gasteiger partial charge on any atom is 0.243 e. The SMILES string of the molecule is COc1ccc(NC(=O)CN(C)S(=O)(=O)c2ccc3c(c2)C[C@H](C)N3C(C)=O)cc1Cl. The van der Waals surface area contributed by atoms with Crippen LogP contribution in [0.2, 0.25) is 5.02 Å². The molecule has 1 atom stereocenters. The summed E-state index contributed by atoms with van der Waals surface area (Å²) in [6.07, 6.45) is 0.570. The van der Waals surface area contributed by atoms with Gasteiger partial charge in [-0.15, -0.1) is 0 Å². The van der Waals surface area contributed by atoms with E-state index >= 15 is 0 Å². The smallest absolute Gasteiger partial charge is 0.243 e. The van der Waals surface area contributed by atoms with Crippen molar-refractivity contribution in [1.82, 2.24) is 4.31 Å². The summed E-state index contributed by atoms with van der Waals surface area (Å²) in [6.45, 7) is 3.02. The molecule has 166 valence electrons. The Hall–Kier alpha value is -2.62. The molecular formula is C21H24ClN3O5S. The standard InChI is InChI=1S/C21H24ClN3O5S/c1-13-9-15-10-17(6-7-19(15)25(13)14(2)26)31(28,29)24(3)12-21(27)23-16-5-8-20(30-4)18(22)11-16/h5-8,10-11,13H,9,12H2,1-4H3,(H,23,27)/t13-/m0/s1. The van der Waals surface area contributed by atoms with Gasteiger partial charge < -0.3 is 15.0 Å². The highest BCUT2D eigenvalue weighted by atomic mass is 35.5. The molecule has 0 bridgehead atoms. The molecule has 0 saturated heterocycles. The molecule has 3 rings (SSSR count). The number of nitrogens with one attached hydrogen (secondary N) is 1. The second kappa shape index (κ2) is 8.86. The van der Waals surface area contributed by atoms with Crippen molar-refractivity contribution in [2.75, 3.05) is 30.9 Å². The van der Waals surface area contributed by atoms with Crippen LogP contribution in [0.1, 0.15) is 19.4 Å². The lowest BCUT2D eigenvalue weighted by Crippen LogP contribution is -2.35. The molecule has 2 aromatic rings. The van der Waals surface area contributed by atoms with Crippen LogP contribution in [0.15, 0.2) is 41.3 Å². The summed E-state index contributed by atoms with van der Waals surface area (Å²) >= 11 is 6.05. The summed E-state index contributed by atoms with van der Waals surface area (Å²) in [5.74, 6) is -0.132. The molecule has 2 amide bonds. The monoisotopic (exact) mass is 465 g/mol. The summed E-state index contributed by atoms with van der Waals surface area (Å²) in [5.41, 5.74) is 1.93. The van der Waals surface area contributed by atoms with E-state index in [0.29, 0.717) is 22.9 Å². The van der Waals surface area contributed by atoms with Gasteiger partial charge >= 0.3 is 0 Å². The van der Waals surface area contributed by atoms with Gasteiger partial charge in [0.05, 0.1) is 23.6 Å². The topological polar surface area (TPSA) is 96.0 Å². The third-order valence-corrected chi connectivity index (χ3v) is 7.21. The largest absolute Gasteiger partial charge is 0.495 e. The van der Waals surface area contributed by atoms with Gasteiger partial charge in [0.25, 0.3) is 0 Å². The highest BCUT2D eigenvalue weighted by Crippen LogP contribution is 2.34. The van der Waals surface area contributed by atoms with Gasteiger partial charge in [0.1, 0.15) is 5.75 Å². The summed E-state index contributed by atoms with van der Waals surface area (Å²) in [6, 6.07) is 9.37. The number of carbonyl (C=O) groups is 2. The molecule has 10 heteroatoms. The Morgan fingerprint density at radius 3 is 2.58 bits per heavy atom. The van der Waals surface area contributed by atoms with Gasteiger partial charge in [0.15, 0.2) is 0 Å². The third kappa shape index (κ3) is 4.68. The first-order valence-electron chi connectivity index (χ1n) is 9.57. The number of benzene rings is 2. The zero-order valence-electron chi connectivity index (χ0n) is 17.7. The second-order valence-corrected chi connectivity index (χ2v) is 9.84. The third-order valence-electron chi connectivity index (χ3n) is 5.12. The van der Waals surface area contributed by atoms with Crippen LogP contribution >= 0.6 is 11.6 Å². The van der Waals surface area contributed by atoms with Crippen LogP contribution in [0.4, 0.5) is 11.4 Å². The number of likely N-dealkylation sites (N-methyl/N-ethyl adjacent to an activating group) is 1. The van der Waals surface area contributed by atoms with Crippen LogP contribution in [0.3, 0.4) is 0 Å². The number of hydrogen-bond acceptors (Lipinski definition) is 5. The molecule has 1 aliphatic heterocycles. The minimum Gasteiger partial charge on any atom is -0.495 e. The Balaban J connectivity index is 1.74. The van der Waals surface area contributed by atoms with Crippen molar-refractivity contribution in [3.63, 3.8) is 0 Å². The molecule has 1 heterocycles. The second-order valence-electron chi connectivity index (χ2n) is 7.39. The number of ether oxygens (including phenoxy) is 1. The van der Waals surface area contributed by atoms with Gasteiger partial charge in [-0.2, -0.15) is 4.31 Å². The first kappa shape index (κ1) is 23.1. The van der Waals surface area contributed by atoms with Crippen molar-refractivity contribution < 1.29 is 22.7 Å². The Morgan fingerprint density at radius 1 is 1.26 bits per heavy atom. The van der Waals surface area contributed by atoms with E-state index in [-0.39, 0.29) is 23.4 Å². The number of amides is 2. The molecule has 2 aromatic carbocycles. The number of carbonyl (C=O) groups excluding carboxylic acids is 2. The fourth-order valence-corrected chi connectivity index (χ4v) is 5.10. The van der Waals surface area contributed by atoms with E-state index in [1.807, 2.05) is 6.92 Å². The maximum atomic E-state index is 13.0. The molecule has 0 aliphatic carbocycles. The Bertz CT molecular complexity index is 1140. The lowest BCUT2D eigenvalue weighted by Gasteiger charge is -2.21. The molecule has 0 saturated carbocycles. The number of sulfonamides is 1. The molecule has 31 heavy (non-hydrogen) atoms. The lowest BCUT2D eigenvalue weighted by molar-refractivity contribution is -0.117. The minimum absolute atomic E-state index is 0.0368. The van der Waals surface area contributed by atoms with Crippen LogP contribution in [-0.4, -0.2) is 51.3 Å². The summed E-state index contributed by atoms with van der Waals surface area (Å²) in [4.78, 5) is 26.0. The van der Waals surface area contributed by atoms with Gasteiger partial charge in [-0.1, -0.05) is 11.6 Å². The van der Waals surface area contributed by atoms with Crippen molar-refractivity contribution in [3.05, 3.63) is 47.0 Å². The highest BCUT2D eigenvalue weighted by Gasteiger charge is 2.31. The Labute approximate surface area is 186 Å². The quantitative estimate of drug-likeness (QED) is 0.707. The normalized spacial score (nSPS) is 15.7. The molecule has 8 nitrogen and oxygen atoms in total. The number of rotatable bonds is 6. The van der Waals surface area contributed by atoms with Crippen molar-refractivity contribution in [2.24, 2.45) is 0 Å². The average Bonchev–Trinajstić information content (AvgIpc) is 3.02. The van der Waals surface area contributed by atoms with E-state index in [1.165, 1.54) is 33.2 Å². The summed E-state index contributed by atoms with van der Waals surface area (Å²) in [5, 5.41) is 2.95. The first-order valence-corrected chi connectivity index (χ1v) is 11.4. The fourth-order valence-electron chi connectivity index (χ4n) is 3.66. The predicted molar refractivity (Wildman–Crippen MR) is 119 cm³/mol.